The van der Waals surface area contributed by atoms with E-state index in [0.717, 1.165) is 18.5 Å². The van der Waals surface area contributed by atoms with Crippen LogP contribution in [0.5, 0.6) is 0 Å². The molecule has 2 aliphatic rings. The van der Waals surface area contributed by atoms with Crippen LogP contribution in [0, 0.1) is 17.8 Å². The molecule has 2 fully saturated rings. The monoisotopic (exact) mass is 408 g/mol. The highest BCUT2D eigenvalue weighted by atomic mass is 32.2. The van der Waals surface area contributed by atoms with E-state index in [1.165, 1.54) is 18.4 Å². The number of carbonyl (C=O) groups is 1. The molecule has 1 saturated heterocycles. The Morgan fingerprint density at radius 1 is 1.25 bits per heavy atom. The van der Waals surface area contributed by atoms with E-state index in [4.69, 9.17) is 4.74 Å². The maximum absolute atomic E-state index is 11.9. The minimum Gasteiger partial charge on any atom is -0.390 e. The lowest BCUT2D eigenvalue weighted by Crippen LogP contribution is -2.55. The summed E-state index contributed by atoms with van der Waals surface area (Å²) < 4.78 is 8.97. The molecule has 3 rings (SSSR count). The molecular weight excluding hydrogens is 376 g/mol. The Bertz CT molecular complexity index is 630. The fraction of sp³-hybridized carbons (Fsp3) is 0.667. The molecule has 1 aromatic rings. The van der Waals surface area contributed by atoms with Crippen LogP contribution in [0.25, 0.3) is 0 Å². The normalized spacial score (nSPS) is 32.6. The van der Waals surface area contributed by atoms with Crippen molar-refractivity contribution in [3.8, 4) is 0 Å². The fourth-order valence-corrected chi connectivity index (χ4v) is 4.96. The maximum Gasteiger partial charge on any atom is 0.329 e. The molecule has 1 heterocycles. The second kappa shape index (κ2) is 9.96. The number of aliphatic hydroxyl groups is 2. The molecule has 1 aliphatic heterocycles. The predicted molar refractivity (Wildman–Crippen MR) is 112 cm³/mol. The van der Waals surface area contributed by atoms with E-state index in [1.54, 1.807) is 0 Å². The zero-order valence-corrected chi connectivity index (χ0v) is 17.4. The number of rotatable bonds is 7. The summed E-state index contributed by atoms with van der Waals surface area (Å²) in [6.45, 7) is 4.42. The van der Waals surface area contributed by atoms with E-state index < -0.39 is 12.2 Å². The van der Waals surface area contributed by atoms with Gasteiger partial charge in [-0.15, -0.1) is 0 Å². The summed E-state index contributed by atoms with van der Waals surface area (Å²) in [6.07, 6.45) is 1.47. The Kier molecular flexibility index (Phi) is 7.62. The van der Waals surface area contributed by atoms with Gasteiger partial charge in [0.25, 0.3) is 0 Å². The van der Waals surface area contributed by atoms with Crippen molar-refractivity contribution in [2.24, 2.45) is 17.8 Å². The zero-order valence-electron chi connectivity index (χ0n) is 16.6. The van der Waals surface area contributed by atoms with Gasteiger partial charge in [-0.25, -0.2) is 4.79 Å². The fourth-order valence-electron chi connectivity index (χ4n) is 4.30. The molecule has 1 aliphatic carbocycles. The van der Waals surface area contributed by atoms with Crippen LogP contribution < -0.4 is 10.0 Å². The van der Waals surface area contributed by atoms with Gasteiger partial charge in [0.15, 0.2) is 0 Å². The van der Waals surface area contributed by atoms with Crippen LogP contribution in [0.4, 0.5) is 10.5 Å². The number of amides is 2. The molecule has 0 bridgehead atoms. The first kappa shape index (κ1) is 21.4. The Hall–Kier alpha value is -1.28. The van der Waals surface area contributed by atoms with Gasteiger partial charge in [-0.3, -0.25) is 4.72 Å². The number of anilines is 1. The summed E-state index contributed by atoms with van der Waals surface area (Å²) in [5, 5.41) is 23.5. The highest BCUT2D eigenvalue weighted by Gasteiger charge is 2.47. The molecule has 6 unspecified atom stereocenters. The van der Waals surface area contributed by atoms with E-state index in [2.05, 4.69) is 23.9 Å². The van der Waals surface area contributed by atoms with E-state index in [1.807, 2.05) is 30.3 Å². The third-order valence-electron chi connectivity index (χ3n) is 5.98. The van der Waals surface area contributed by atoms with E-state index in [-0.39, 0.29) is 18.2 Å². The zero-order chi connectivity index (χ0) is 20.1. The van der Waals surface area contributed by atoms with Gasteiger partial charge in [0.1, 0.15) is 6.10 Å². The number of aliphatic hydroxyl groups excluding tert-OH is 2. The quantitative estimate of drug-likeness (QED) is 0.410. The molecule has 0 aromatic heterocycles. The van der Waals surface area contributed by atoms with Gasteiger partial charge in [0.2, 0.25) is 0 Å². The highest BCUT2D eigenvalue weighted by Crippen LogP contribution is 2.45. The molecule has 6 nitrogen and oxygen atoms in total. The van der Waals surface area contributed by atoms with Crippen molar-refractivity contribution in [2.45, 2.75) is 63.9 Å². The average Bonchev–Trinajstić information content (AvgIpc) is 2.62. The standard InChI is InChI=1S/C21H32N2O4S/c1-13(2)16-8-9-17(16)20-19(25)18(24)12-15(27-20)10-11-28-23-21(26)22-14-6-4-3-5-7-14/h3-7,13,15-20,24-25H,8-12H2,1-2H3,(H2,22,23,26). The van der Waals surface area contributed by atoms with Gasteiger partial charge in [0, 0.05) is 17.9 Å². The first-order valence-corrected chi connectivity index (χ1v) is 11.2. The Labute approximate surface area is 171 Å². The molecule has 1 saturated carbocycles. The summed E-state index contributed by atoms with van der Waals surface area (Å²) in [5.74, 6) is 2.13. The van der Waals surface area contributed by atoms with Gasteiger partial charge in [-0.05, 0) is 61.1 Å². The molecule has 6 atom stereocenters. The number of hydrogen-bond acceptors (Lipinski definition) is 5. The lowest BCUT2D eigenvalue weighted by Gasteiger charge is -2.49. The Morgan fingerprint density at radius 3 is 2.64 bits per heavy atom. The topological polar surface area (TPSA) is 90.8 Å². The summed E-state index contributed by atoms with van der Waals surface area (Å²) in [4.78, 5) is 11.9. The summed E-state index contributed by atoms with van der Waals surface area (Å²) >= 11 is 1.32. The van der Waals surface area contributed by atoms with Gasteiger partial charge < -0.3 is 20.3 Å². The van der Waals surface area contributed by atoms with Crippen molar-refractivity contribution >= 4 is 23.7 Å². The number of para-hydroxylation sites is 1. The van der Waals surface area contributed by atoms with Crippen molar-refractivity contribution in [1.82, 2.24) is 4.72 Å². The number of ether oxygens (including phenoxy) is 1. The number of carbonyl (C=O) groups excluding carboxylic acids is 1. The van der Waals surface area contributed by atoms with Gasteiger partial charge >= 0.3 is 6.03 Å². The lowest BCUT2D eigenvalue weighted by atomic mass is 9.64. The summed E-state index contributed by atoms with van der Waals surface area (Å²) in [7, 11) is 0. The second-order valence-corrected chi connectivity index (χ2v) is 9.13. The molecule has 2 amide bonds. The number of hydrogen-bond donors (Lipinski definition) is 4. The SMILES string of the molecule is CC(C)C1CCC1C1OC(CCSNC(=O)Nc2ccccc2)CC(O)C1O. The van der Waals surface area contributed by atoms with Crippen LogP contribution in [0.15, 0.2) is 30.3 Å². The van der Waals surface area contributed by atoms with Crippen LogP contribution in [0.2, 0.25) is 0 Å². The van der Waals surface area contributed by atoms with Crippen molar-refractivity contribution in [3.05, 3.63) is 30.3 Å². The average molecular weight is 409 g/mol. The lowest BCUT2D eigenvalue weighted by molar-refractivity contribution is -0.206. The second-order valence-electron chi connectivity index (χ2n) is 8.22. The van der Waals surface area contributed by atoms with Crippen molar-refractivity contribution in [1.29, 1.82) is 0 Å². The molecule has 28 heavy (non-hydrogen) atoms. The molecule has 4 N–H and O–H groups in total. The third-order valence-corrected chi connectivity index (χ3v) is 6.75. The summed E-state index contributed by atoms with van der Waals surface area (Å²) in [6, 6.07) is 9.03. The van der Waals surface area contributed by atoms with Crippen LogP contribution in [0.3, 0.4) is 0 Å². The van der Waals surface area contributed by atoms with Crippen LogP contribution >= 0.6 is 11.9 Å². The van der Waals surface area contributed by atoms with E-state index in [0.29, 0.717) is 29.9 Å². The van der Waals surface area contributed by atoms with Gasteiger partial charge in [-0.2, -0.15) is 0 Å². The minimum absolute atomic E-state index is 0.0942. The molecular formula is C21H32N2O4S. The Balaban J connectivity index is 1.41. The van der Waals surface area contributed by atoms with Crippen LogP contribution in [-0.4, -0.2) is 46.4 Å². The first-order chi connectivity index (χ1) is 13.5. The van der Waals surface area contributed by atoms with E-state index >= 15 is 0 Å². The number of urea groups is 1. The molecule has 1 aromatic carbocycles. The Morgan fingerprint density at radius 2 is 2.00 bits per heavy atom. The smallest absolute Gasteiger partial charge is 0.329 e. The van der Waals surface area contributed by atoms with Crippen molar-refractivity contribution in [3.63, 3.8) is 0 Å². The first-order valence-electron chi connectivity index (χ1n) is 10.2. The maximum atomic E-state index is 11.9. The van der Waals surface area contributed by atoms with Gasteiger partial charge in [0.05, 0.1) is 18.3 Å². The van der Waals surface area contributed by atoms with Crippen molar-refractivity contribution in [2.75, 3.05) is 11.1 Å². The molecule has 7 heteroatoms. The van der Waals surface area contributed by atoms with Gasteiger partial charge in [-0.1, -0.05) is 32.0 Å². The van der Waals surface area contributed by atoms with Crippen LogP contribution in [0.1, 0.15) is 39.5 Å². The third kappa shape index (κ3) is 5.41. The van der Waals surface area contributed by atoms with Crippen LogP contribution in [-0.2, 0) is 4.74 Å². The largest absolute Gasteiger partial charge is 0.390 e. The van der Waals surface area contributed by atoms with Crippen molar-refractivity contribution < 1.29 is 19.7 Å². The van der Waals surface area contributed by atoms with E-state index in [9.17, 15) is 15.0 Å². The predicted octanol–water partition coefficient (Wildman–Crippen LogP) is 3.41. The molecule has 156 valence electrons. The minimum atomic E-state index is -0.801. The number of benzene rings is 1. The molecule has 0 spiro atoms. The molecule has 0 radical (unpaired) electrons. The summed E-state index contributed by atoms with van der Waals surface area (Å²) in [5.41, 5.74) is 0.747. The number of nitrogens with one attached hydrogen (secondary N) is 2. The highest BCUT2D eigenvalue weighted by molar-refractivity contribution is 7.97.